The average molecular weight is 422 g/mol. The summed E-state index contributed by atoms with van der Waals surface area (Å²) in [6.45, 7) is 3.91. The third-order valence-corrected chi connectivity index (χ3v) is 5.39. The average Bonchev–Trinajstić information content (AvgIpc) is 3.39. The number of carbonyl (C=O) groups excluding carboxylic acids is 1. The van der Waals surface area contributed by atoms with Crippen molar-refractivity contribution < 1.29 is 22.4 Å². The molecule has 0 fully saturated rings. The van der Waals surface area contributed by atoms with Crippen LogP contribution in [-0.4, -0.2) is 31.6 Å². The molecule has 0 aliphatic carbocycles. The number of aromatic nitrogens is 4. The molecule has 4 heterocycles. The molecule has 2 N–H and O–H groups in total. The third-order valence-electron chi connectivity index (χ3n) is 5.39. The lowest BCUT2D eigenvalue weighted by Gasteiger charge is -2.32. The van der Waals surface area contributed by atoms with Crippen LogP contribution in [0.25, 0.3) is 0 Å². The Morgan fingerprint density at radius 2 is 2.13 bits per heavy atom. The first-order valence-corrected chi connectivity index (χ1v) is 9.38. The van der Waals surface area contributed by atoms with Gasteiger partial charge in [0, 0.05) is 37.3 Å². The molecule has 8 nitrogen and oxygen atoms in total. The predicted molar refractivity (Wildman–Crippen MR) is 101 cm³/mol. The molecule has 11 heteroatoms. The number of amides is 1. The van der Waals surface area contributed by atoms with E-state index in [0.29, 0.717) is 5.76 Å². The number of alkyl halides is 3. The number of fused-ring (bicyclic) bond motifs is 1. The van der Waals surface area contributed by atoms with Gasteiger partial charge in [-0.25, -0.2) is 4.68 Å². The molecular weight excluding hydrogens is 401 g/mol. The van der Waals surface area contributed by atoms with Crippen LogP contribution in [0.1, 0.15) is 51.7 Å². The Morgan fingerprint density at radius 1 is 1.37 bits per heavy atom. The van der Waals surface area contributed by atoms with E-state index in [-0.39, 0.29) is 24.5 Å². The van der Waals surface area contributed by atoms with Gasteiger partial charge in [-0.2, -0.15) is 23.4 Å². The van der Waals surface area contributed by atoms with Crippen LogP contribution in [0.3, 0.4) is 0 Å². The molecule has 4 rings (SSSR count). The van der Waals surface area contributed by atoms with Gasteiger partial charge in [-0.3, -0.25) is 9.48 Å². The summed E-state index contributed by atoms with van der Waals surface area (Å²) in [6.07, 6.45) is -3.40. The van der Waals surface area contributed by atoms with Gasteiger partial charge in [-0.15, -0.1) is 0 Å². The maximum atomic E-state index is 13.7. The molecule has 1 aliphatic heterocycles. The van der Waals surface area contributed by atoms with Gasteiger partial charge in [0.05, 0.1) is 18.0 Å². The molecule has 0 saturated heterocycles. The van der Waals surface area contributed by atoms with Crippen molar-refractivity contribution in [2.24, 2.45) is 7.05 Å². The van der Waals surface area contributed by atoms with Crippen molar-refractivity contribution >= 4 is 11.7 Å². The number of nitrogens with zero attached hydrogens (tertiary/aromatic N) is 4. The topological polar surface area (TPSA) is 89.9 Å². The van der Waals surface area contributed by atoms with E-state index in [0.717, 1.165) is 21.6 Å². The zero-order chi connectivity index (χ0) is 21.6. The minimum atomic E-state index is -4.52. The monoisotopic (exact) mass is 422 g/mol. The van der Waals surface area contributed by atoms with Crippen molar-refractivity contribution in [3.63, 3.8) is 0 Å². The lowest BCUT2D eigenvalue weighted by Crippen LogP contribution is -2.35. The summed E-state index contributed by atoms with van der Waals surface area (Å²) in [6, 6.07) is 2.02. The van der Waals surface area contributed by atoms with Gasteiger partial charge >= 0.3 is 6.18 Å². The first-order chi connectivity index (χ1) is 14.1. The zero-order valence-electron chi connectivity index (χ0n) is 16.6. The largest absolute Gasteiger partial charge is 0.467 e. The number of carbonyl (C=O) groups is 1. The summed E-state index contributed by atoms with van der Waals surface area (Å²) < 4.78 is 48.8. The number of rotatable bonds is 4. The first-order valence-electron chi connectivity index (χ1n) is 9.38. The van der Waals surface area contributed by atoms with Crippen molar-refractivity contribution in [2.75, 3.05) is 5.32 Å². The minimum absolute atomic E-state index is 0.0916. The molecule has 0 radical (unpaired) electrons. The van der Waals surface area contributed by atoms with Gasteiger partial charge in [0.2, 0.25) is 0 Å². The highest BCUT2D eigenvalue weighted by atomic mass is 19.4. The van der Waals surface area contributed by atoms with Crippen LogP contribution in [0.5, 0.6) is 0 Å². The number of hydrogen-bond acceptors (Lipinski definition) is 5. The van der Waals surface area contributed by atoms with E-state index in [4.69, 9.17) is 4.42 Å². The van der Waals surface area contributed by atoms with Crippen LogP contribution < -0.4 is 10.6 Å². The number of anilines is 1. The van der Waals surface area contributed by atoms with E-state index in [1.54, 1.807) is 23.9 Å². The summed E-state index contributed by atoms with van der Waals surface area (Å²) >= 11 is 0. The van der Waals surface area contributed by atoms with Crippen molar-refractivity contribution in [3.8, 4) is 0 Å². The van der Waals surface area contributed by atoms with Crippen molar-refractivity contribution in [1.82, 2.24) is 24.9 Å². The SMILES string of the molecule is Cc1nn(C)c(C)c1CNC(=O)c1cc2n(n1)[C@H](C(F)(F)F)C[C@H](c1ccco1)N2. The van der Waals surface area contributed by atoms with Crippen molar-refractivity contribution in [2.45, 2.75) is 45.1 Å². The molecule has 160 valence electrons. The van der Waals surface area contributed by atoms with E-state index in [2.05, 4.69) is 20.8 Å². The Bertz CT molecular complexity index is 1070. The quantitative estimate of drug-likeness (QED) is 0.673. The second kappa shape index (κ2) is 7.22. The summed E-state index contributed by atoms with van der Waals surface area (Å²) in [5.41, 5.74) is 2.45. The summed E-state index contributed by atoms with van der Waals surface area (Å²) in [7, 11) is 1.80. The molecule has 1 amide bonds. The van der Waals surface area contributed by atoms with Gasteiger partial charge in [0.15, 0.2) is 11.7 Å². The second-order valence-electron chi connectivity index (χ2n) is 7.32. The lowest BCUT2D eigenvalue weighted by molar-refractivity contribution is -0.174. The van der Waals surface area contributed by atoms with Crippen LogP contribution in [0.4, 0.5) is 19.0 Å². The molecule has 0 spiro atoms. The van der Waals surface area contributed by atoms with Gasteiger partial charge in [0.25, 0.3) is 5.91 Å². The number of furan rings is 1. The lowest BCUT2D eigenvalue weighted by atomic mass is 10.0. The van der Waals surface area contributed by atoms with Crippen LogP contribution in [0.15, 0.2) is 28.9 Å². The van der Waals surface area contributed by atoms with Crippen LogP contribution >= 0.6 is 0 Å². The Labute approximate surface area is 170 Å². The Hall–Kier alpha value is -3.24. The Morgan fingerprint density at radius 3 is 2.73 bits per heavy atom. The zero-order valence-corrected chi connectivity index (χ0v) is 16.6. The molecular formula is C19H21F3N6O2. The molecule has 0 unspecified atom stereocenters. The number of hydrogen-bond donors (Lipinski definition) is 2. The fourth-order valence-corrected chi connectivity index (χ4v) is 3.69. The predicted octanol–water partition coefficient (Wildman–Crippen LogP) is 3.42. The van der Waals surface area contributed by atoms with Crippen LogP contribution in [-0.2, 0) is 13.6 Å². The van der Waals surface area contributed by atoms with Gasteiger partial charge in [-0.05, 0) is 26.0 Å². The first kappa shape index (κ1) is 20.0. The number of halogens is 3. The van der Waals surface area contributed by atoms with Gasteiger partial charge < -0.3 is 15.1 Å². The van der Waals surface area contributed by atoms with E-state index >= 15 is 0 Å². The van der Waals surface area contributed by atoms with Crippen molar-refractivity contribution in [1.29, 1.82) is 0 Å². The summed E-state index contributed by atoms with van der Waals surface area (Å²) in [5.74, 6) is -0.0501. The highest BCUT2D eigenvalue weighted by Gasteiger charge is 2.47. The molecule has 30 heavy (non-hydrogen) atoms. The number of nitrogens with one attached hydrogen (secondary N) is 2. The third kappa shape index (κ3) is 3.55. The maximum Gasteiger partial charge on any atom is 0.410 e. The van der Waals surface area contributed by atoms with E-state index in [9.17, 15) is 18.0 Å². The van der Waals surface area contributed by atoms with E-state index in [1.807, 2.05) is 13.8 Å². The highest BCUT2D eigenvalue weighted by molar-refractivity contribution is 5.93. The highest BCUT2D eigenvalue weighted by Crippen LogP contribution is 2.43. The molecule has 0 aromatic carbocycles. The maximum absolute atomic E-state index is 13.7. The molecule has 3 aromatic rings. The summed E-state index contributed by atoms with van der Waals surface area (Å²) in [4.78, 5) is 12.6. The number of aryl methyl sites for hydroxylation is 2. The van der Waals surface area contributed by atoms with Crippen LogP contribution in [0.2, 0.25) is 0 Å². The molecule has 1 aliphatic rings. The molecule has 3 aromatic heterocycles. The van der Waals surface area contributed by atoms with E-state index in [1.165, 1.54) is 12.3 Å². The fourth-order valence-electron chi connectivity index (χ4n) is 3.69. The Balaban J connectivity index is 1.57. The van der Waals surface area contributed by atoms with Crippen molar-refractivity contribution in [3.05, 3.63) is 52.9 Å². The molecule has 0 bridgehead atoms. The fraction of sp³-hybridized carbons (Fsp3) is 0.421. The molecule has 0 saturated carbocycles. The van der Waals surface area contributed by atoms with Gasteiger partial charge in [0.1, 0.15) is 11.6 Å². The van der Waals surface area contributed by atoms with Crippen LogP contribution in [0, 0.1) is 13.8 Å². The molecule has 2 atom stereocenters. The minimum Gasteiger partial charge on any atom is -0.467 e. The summed E-state index contributed by atoms with van der Waals surface area (Å²) in [5, 5.41) is 13.9. The normalized spacial score (nSPS) is 18.7. The smallest absolute Gasteiger partial charge is 0.410 e. The van der Waals surface area contributed by atoms with E-state index < -0.39 is 24.2 Å². The second-order valence-corrected chi connectivity index (χ2v) is 7.32. The van der Waals surface area contributed by atoms with Gasteiger partial charge in [-0.1, -0.05) is 0 Å². The Kier molecular flexibility index (Phi) is 4.83. The standard InChI is InChI=1S/C19H21F3N6O2/c1-10-12(11(2)27(3)25-10)9-23-18(29)14-8-17-24-13(15-5-4-6-30-15)7-16(19(20,21)22)28(17)26-14/h4-6,8,13,16,24H,7,9H2,1-3H3,(H,23,29)/t13-,16+/m1/s1.